The van der Waals surface area contributed by atoms with Crippen molar-refractivity contribution in [3.05, 3.63) is 33.8 Å². The molecule has 126 valence electrons. The molecule has 0 aliphatic carbocycles. The predicted octanol–water partition coefficient (Wildman–Crippen LogP) is 3.58. The predicted molar refractivity (Wildman–Crippen MR) is 91.8 cm³/mol. The molecule has 2 aromatic rings. The molecule has 1 amide bonds. The van der Waals surface area contributed by atoms with Crippen molar-refractivity contribution in [3.8, 4) is 0 Å². The van der Waals surface area contributed by atoms with E-state index in [1.807, 2.05) is 13.8 Å². The third-order valence-electron chi connectivity index (χ3n) is 3.38. The molecule has 5 nitrogen and oxygen atoms in total. The zero-order chi connectivity index (χ0) is 17.4. The fourth-order valence-corrected chi connectivity index (χ4v) is 3.28. The quantitative estimate of drug-likeness (QED) is 0.926. The van der Waals surface area contributed by atoms with Crippen molar-refractivity contribution in [1.29, 1.82) is 0 Å². The Kier molecular flexibility index (Phi) is 4.62. The van der Waals surface area contributed by atoms with E-state index in [2.05, 4.69) is 26.1 Å². The van der Waals surface area contributed by atoms with Crippen LogP contribution in [0.4, 0.5) is 0 Å². The lowest BCUT2D eigenvalue weighted by molar-refractivity contribution is -0.123. The topological polar surface area (TPSA) is 64.2 Å². The second-order valence-corrected chi connectivity index (χ2v) is 8.17. The lowest BCUT2D eigenvalue weighted by atomic mass is 9.82. The van der Waals surface area contributed by atoms with E-state index < -0.39 is 5.76 Å². The number of oxazole rings is 1. The Bertz CT molecular complexity index is 781. The van der Waals surface area contributed by atoms with Crippen LogP contribution in [0.15, 0.2) is 27.4 Å². The summed E-state index contributed by atoms with van der Waals surface area (Å²) >= 11 is 5.88. The molecule has 23 heavy (non-hydrogen) atoms. The maximum Gasteiger partial charge on any atom is 0.420 e. The van der Waals surface area contributed by atoms with Crippen molar-refractivity contribution in [1.82, 2.24) is 9.88 Å². The van der Waals surface area contributed by atoms with E-state index in [-0.39, 0.29) is 23.4 Å². The van der Waals surface area contributed by atoms with Gasteiger partial charge in [0.1, 0.15) is 6.54 Å². The van der Waals surface area contributed by atoms with Gasteiger partial charge in [0.15, 0.2) is 5.58 Å². The number of carbonyl (C=O) groups excluding carboxylic acids is 1. The van der Waals surface area contributed by atoms with Crippen LogP contribution in [0.3, 0.4) is 0 Å². The second kappa shape index (κ2) is 6.04. The lowest BCUT2D eigenvalue weighted by Crippen LogP contribution is -2.47. The minimum absolute atomic E-state index is 0.0823. The van der Waals surface area contributed by atoms with Crippen LogP contribution < -0.4 is 11.1 Å². The summed E-state index contributed by atoms with van der Waals surface area (Å²) < 4.78 is 6.45. The average Bonchev–Trinajstić information content (AvgIpc) is 2.60. The van der Waals surface area contributed by atoms with E-state index in [0.717, 1.165) is 6.42 Å². The van der Waals surface area contributed by atoms with Crippen LogP contribution in [-0.2, 0) is 11.3 Å². The van der Waals surface area contributed by atoms with E-state index in [9.17, 15) is 9.59 Å². The van der Waals surface area contributed by atoms with Gasteiger partial charge in [0.2, 0.25) is 5.91 Å². The molecule has 0 spiro atoms. The fourth-order valence-electron chi connectivity index (χ4n) is 3.12. The normalized spacial score (nSPS) is 12.6. The highest BCUT2D eigenvalue weighted by Gasteiger charge is 2.27. The van der Waals surface area contributed by atoms with Crippen molar-refractivity contribution in [3.63, 3.8) is 0 Å². The van der Waals surface area contributed by atoms with Gasteiger partial charge in [0.25, 0.3) is 0 Å². The highest BCUT2D eigenvalue weighted by molar-refractivity contribution is 6.31. The molecule has 1 N–H and O–H groups in total. The van der Waals surface area contributed by atoms with Gasteiger partial charge >= 0.3 is 5.76 Å². The molecule has 1 heterocycles. The monoisotopic (exact) mass is 338 g/mol. The van der Waals surface area contributed by atoms with Crippen LogP contribution in [-0.4, -0.2) is 16.0 Å². The summed E-state index contributed by atoms with van der Waals surface area (Å²) in [6, 6.07) is 4.91. The van der Waals surface area contributed by atoms with Gasteiger partial charge in [-0.15, -0.1) is 0 Å². The first-order valence-electron chi connectivity index (χ1n) is 7.57. The van der Waals surface area contributed by atoms with Gasteiger partial charge in [0.05, 0.1) is 5.52 Å². The van der Waals surface area contributed by atoms with E-state index >= 15 is 0 Å². The molecule has 0 fully saturated rings. The summed E-state index contributed by atoms with van der Waals surface area (Å²) in [5.41, 5.74) is 0.668. The molecule has 0 radical (unpaired) electrons. The van der Waals surface area contributed by atoms with E-state index in [0.29, 0.717) is 16.1 Å². The molecule has 0 aliphatic rings. The van der Waals surface area contributed by atoms with Gasteiger partial charge in [0, 0.05) is 16.6 Å². The van der Waals surface area contributed by atoms with Crippen LogP contribution in [0.2, 0.25) is 5.02 Å². The van der Waals surface area contributed by atoms with Gasteiger partial charge in [-0.3, -0.25) is 9.36 Å². The largest absolute Gasteiger partial charge is 0.420 e. The molecule has 2 rings (SSSR count). The van der Waals surface area contributed by atoms with E-state index in [1.165, 1.54) is 4.57 Å². The van der Waals surface area contributed by atoms with Gasteiger partial charge < -0.3 is 9.73 Å². The standard InChI is InChI=1S/C17H23ClN2O3/c1-16(2,3)10-17(4,5)19-14(21)9-20-12-7-6-11(18)8-13(12)23-15(20)22/h6-8H,9-10H2,1-5H3,(H,19,21). The first kappa shape index (κ1) is 17.6. The third-order valence-corrected chi connectivity index (χ3v) is 3.62. The van der Waals surface area contributed by atoms with Crippen LogP contribution in [0.25, 0.3) is 11.1 Å². The van der Waals surface area contributed by atoms with Gasteiger partial charge in [-0.1, -0.05) is 32.4 Å². The molecule has 0 atom stereocenters. The Balaban J connectivity index is 2.18. The number of amides is 1. The summed E-state index contributed by atoms with van der Waals surface area (Å²) in [6.45, 7) is 10.2. The minimum Gasteiger partial charge on any atom is -0.408 e. The van der Waals surface area contributed by atoms with Crippen molar-refractivity contribution in [2.45, 2.75) is 53.1 Å². The molecular formula is C17H23ClN2O3. The number of nitrogens with one attached hydrogen (secondary N) is 1. The molecular weight excluding hydrogens is 316 g/mol. The minimum atomic E-state index is -0.564. The SMILES string of the molecule is CC(C)(C)CC(C)(C)NC(=O)Cn1c(=O)oc2cc(Cl)ccc21. The smallest absolute Gasteiger partial charge is 0.408 e. The highest BCUT2D eigenvalue weighted by Crippen LogP contribution is 2.26. The fraction of sp³-hybridized carbons (Fsp3) is 0.529. The van der Waals surface area contributed by atoms with Crippen LogP contribution in [0, 0.1) is 5.41 Å². The Morgan fingerprint density at radius 3 is 2.52 bits per heavy atom. The number of hydrogen-bond acceptors (Lipinski definition) is 3. The summed E-state index contributed by atoms with van der Waals surface area (Å²) in [7, 11) is 0. The molecule has 0 saturated heterocycles. The number of benzene rings is 1. The Morgan fingerprint density at radius 2 is 1.91 bits per heavy atom. The second-order valence-electron chi connectivity index (χ2n) is 7.74. The average molecular weight is 339 g/mol. The number of nitrogens with zero attached hydrogens (tertiary/aromatic N) is 1. The van der Waals surface area contributed by atoms with Crippen molar-refractivity contribution >= 4 is 28.6 Å². The summed E-state index contributed by atoms with van der Waals surface area (Å²) in [5.74, 6) is -0.787. The molecule has 6 heteroatoms. The number of fused-ring (bicyclic) bond motifs is 1. The van der Waals surface area contributed by atoms with Gasteiger partial charge in [-0.2, -0.15) is 0 Å². The molecule has 0 saturated carbocycles. The number of aromatic nitrogens is 1. The molecule has 1 aromatic carbocycles. The van der Waals surface area contributed by atoms with E-state index in [4.69, 9.17) is 16.0 Å². The number of carbonyl (C=O) groups is 1. The zero-order valence-corrected chi connectivity index (χ0v) is 15.0. The highest BCUT2D eigenvalue weighted by atomic mass is 35.5. The molecule has 0 bridgehead atoms. The first-order valence-corrected chi connectivity index (χ1v) is 7.95. The maximum absolute atomic E-state index is 12.3. The molecule has 0 aliphatic heterocycles. The Labute approximate surface area is 140 Å². The number of rotatable bonds is 4. The Morgan fingerprint density at radius 1 is 1.26 bits per heavy atom. The Hall–Kier alpha value is -1.75. The molecule has 0 unspecified atom stereocenters. The van der Waals surface area contributed by atoms with Crippen LogP contribution in [0.5, 0.6) is 0 Å². The van der Waals surface area contributed by atoms with Crippen molar-refractivity contribution in [2.24, 2.45) is 5.41 Å². The van der Waals surface area contributed by atoms with Crippen molar-refractivity contribution < 1.29 is 9.21 Å². The van der Waals surface area contributed by atoms with Gasteiger partial charge in [-0.25, -0.2) is 4.79 Å². The third kappa shape index (κ3) is 4.61. The summed E-state index contributed by atoms with van der Waals surface area (Å²) in [5, 5.41) is 3.47. The number of hydrogen-bond donors (Lipinski definition) is 1. The zero-order valence-electron chi connectivity index (χ0n) is 14.2. The van der Waals surface area contributed by atoms with Crippen LogP contribution >= 0.6 is 11.6 Å². The molecule has 1 aromatic heterocycles. The lowest BCUT2D eigenvalue weighted by Gasteiger charge is -2.33. The summed E-state index contributed by atoms with van der Waals surface area (Å²) in [6.07, 6.45) is 0.822. The first-order chi connectivity index (χ1) is 10.5. The van der Waals surface area contributed by atoms with Gasteiger partial charge in [-0.05, 0) is 37.8 Å². The van der Waals surface area contributed by atoms with Crippen molar-refractivity contribution in [2.75, 3.05) is 0 Å². The van der Waals surface area contributed by atoms with Crippen LogP contribution in [0.1, 0.15) is 41.0 Å². The van der Waals surface area contributed by atoms with E-state index in [1.54, 1.807) is 18.2 Å². The maximum atomic E-state index is 12.3. The summed E-state index contributed by atoms with van der Waals surface area (Å²) in [4.78, 5) is 24.3. The number of halogens is 1.